The van der Waals surface area contributed by atoms with Gasteiger partial charge in [-0.15, -0.1) is 0 Å². The Morgan fingerprint density at radius 1 is 1.22 bits per heavy atom. The molecule has 3 rings (SSSR count). The largest absolute Gasteiger partial charge is 0.365 e. The number of rotatable bonds is 3. The van der Waals surface area contributed by atoms with Crippen molar-refractivity contribution >= 4 is 0 Å². The molecule has 2 atom stereocenters. The van der Waals surface area contributed by atoms with Gasteiger partial charge in [0.05, 0.1) is 11.7 Å². The Labute approximate surface area is 110 Å². The molecule has 2 unspecified atom stereocenters. The van der Waals surface area contributed by atoms with Crippen LogP contribution in [0.25, 0.3) is 0 Å². The van der Waals surface area contributed by atoms with Gasteiger partial charge >= 0.3 is 0 Å². The van der Waals surface area contributed by atoms with E-state index in [9.17, 15) is 0 Å². The van der Waals surface area contributed by atoms with E-state index in [2.05, 4.69) is 43.4 Å². The van der Waals surface area contributed by atoms with E-state index in [0.717, 1.165) is 25.4 Å². The van der Waals surface area contributed by atoms with E-state index >= 15 is 0 Å². The van der Waals surface area contributed by atoms with Crippen molar-refractivity contribution in [3.05, 3.63) is 35.4 Å². The summed E-state index contributed by atoms with van der Waals surface area (Å²) in [5, 5.41) is 3.50. The van der Waals surface area contributed by atoms with Crippen LogP contribution >= 0.6 is 0 Å². The second-order valence-electron chi connectivity index (χ2n) is 5.98. The third-order valence-electron chi connectivity index (χ3n) is 4.36. The summed E-state index contributed by atoms with van der Waals surface area (Å²) in [7, 11) is 0. The lowest BCUT2D eigenvalue weighted by Gasteiger charge is -2.39. The molecule has 2 aliphatic rings. The molecular weight excluding hydrogens is 222 g/mol. The van der Waals surface area contributed by atoms with Crippen molar-refractivity contribution in [2.75, 3.05) is 13.1 Å². The van der Waals surface area contributed by atoms with Crippen LogP contribution in [0.4, 0.5) is 0 Å². The van der Waals surface area contributed by atoms with Gasteiger partial charge in [-0.05, 0) is 43.2 Å². The highest BCUT2D eigenvalue weighted by atomic mass is 16.5. The van der Waals surface area contributed by atoms with Crippen molar-refractivity contribution in [2.45, 2.75) is 50.7 Å². The van der Waals surface area contributed by atoms with Crippen LogP contribution in [0.15, 0.2) is 24.3 Å². The summed E-state index contributed by atoms with van der Waals surface area (Å²) in [6.45, 7) is 6.28. The zero-order valence-electron chi connectivity index (χ0n) is 11.4. The maximum Gasteiger partial charge on any atom is 0.0957 e. The van der Waals surface area contributed by atoms with Crippen LogP contribution in [-0.2, 0) is 4.74 Å². The number of ether oxygens (including phenoxy) is 1. The Hall–Kier alpha value is -0.860. The molecule has 1 saturated heterocycles. The number of hydrogen-bond acceptors (Lipinski definition) is 2. The van der Waals surface area contributed by atoms with Crippen molar-refractivity contribution < 1.29 is 4.74 Å². The minimum absolute atomic E-state index is 0.0158. The van der Waals surface area contributed by atoms with Gasteiger partial charge in [0, 0.05) is 13.1 Å². The fourth-order valence-corrected chi connectivity index (χ4v) is 2.69. The fraction of sp³-hybridized carbons (Fsp3) is 0.625. The molecule has 2 fully saturated rings. The second kappa shape index (κ2) is 4.67. The summed E-state index contributed by atoms with van der Waals surface area (Å²) in [6.07, 6.45) is 4.00. The highest BCUT2D eigenvalue weighted by Crippen LogP contribution is 2.40. The Kier molecular flexibility index (Phi) is 3.16. The lowest BCUT2D eigenvalue weighted by Crippen LogP contribution is -2.48. The van der Waals surface area contributed by atoms with Crippen LogP contribution in [0.5, 0.6) is 0 Å². The van der Waals surface area contributed by atoms with Gasteiger partial charge in [-0.2, -0.15) is 0 Å². The third-order valence-corrected chi connectivity index (χ3v) is 4.36. The first-order valence-corrected chi connectivity index (χ1v) is 7.18. The Balaban J connectivity index is 1.73. The maximum atomic E-state index is 6.26. The molecule has 2 heteroatoms. The molecule has 1 aromatic rings. The molecule has 18 heavy (non-hydrogen) atoms. The van der Waals surface area contributed by atoms with E-state index in [-0.39, 0.29) is 11.7 Å². The van der Waals surface area contributed by atoms with Gasteiger partial charge in [-0.1, -0.05) is 31.2 Å². The van der Waals surface area contributed by atoms with Crippen LogP contribution in [0.2, 0.25) is 0 Å². The summed E-state index contributed by atoms with van der Waals surface area (Å²) < 4.78 is 6.26. The SMILES string of the molecule is CCC1(C)CNCC(c2ccc(C3CC3)cc2)O1. The van der Waals surface area contributed by atoms with Gasteiger partial charge in [0.15, 0.2) is 0 Å². The maximum absolute atomic E-state index is 6.26. The topological polar surface area (TPSA) is 21.3 Å². The van der Waals surface area contributed by atoms with Gasteiger partial charge in [-0.3, -0.25) is 0 Å². The summed E-state index contributed by atoms with van der Waals surface area (Å²) in [6, 6.07) is 9.07. The lowest BCUT2D eigenvalue weighted by molar-refractivity contribution is -0.109. The van der Waals surface area contributed by atoms with E-state index < -0.39 is 0 Å². The monoisotopic (exact) mass is 245 g/mol. The van der Waals surface area contributed by atoms with Crippen molar-refractivity contribution in [1.29, 1.82) is 0 Å². The molecule has 1 heterocycles. The normalized spacial score (nSPS) is 32.4. The smallest absolute Gasteiger partial charge is 0.0957 e. The van der Waals surface area contributed by atoms with Gasteiger partial charge < -0.3 is 10.1 Å². The first-order valence-electron chi connectivity index (χ1n) is 7.18. The van der Waals surface area contributed by atoms with Gasteiger partial charge in [0.1, 0.15) is 0 Å². The molecule has 0 spiro atoms. The highest BCUT2D eigenvalue weighted by molar-refractivity contribution is 5.29. The van der Waals surface area contributed by atoms with Crippen molar-refractivity contribution in [3.8, 4) is 0 Å². The molecule has 0 bridgehead atoms. The summed E-state index contributed by atoms with van der Waals surface area (Å²) >= 11 is 0. The quantitative estimate of drug-likeness (QED) is 0.881. The molecule has 0 aromatic heterocycles. The standard InChI is InChI=1S/C16H23NO/c1-3-16(2)11-17-10-15(18-16)14-8-6-13(7-9-14)12-4-5-12/h6-9,12,15,17H,3-5,10-11H2,1-2H3. The van der Waals surface area contributed by atoms with E-state index in [1.165, 1.54) is 24.0 Å². The van der Waals surface area contributed by atoms with Gasteiger partial charge in [0.2, 0.25) is 0 Å². The first-order chi connectivity index (χ1) is 8.70. The van der Waals surface area contributed by atoms with Gasteiger partial charge in [0.25, 0.3) is 0 Å². The molecule has 1 saturated carbocycles. The number of hydrogen-bond donors (Lipinski definition) is 1. The van der Waals surface area contributed by atoms with Crippen LogP contribution in [0, 0.1) is 0 Å². The predicted octanol–water partition coefficient (Wildman–Crippen LogP) is 3.39. The highest BCUT2D eigenvalue weighted by Gasteiger charge is 2.32. The van der Waals surface area contributed by atoms with Crippen molar-refractivity contribution in [1.82, 2.24) is 5.32 Å². The zero-order valence-corrected chi connectivity index (χ0v) is 11.4. The molecule has 2 nitrogen and oxygen atoms in total. The first kappa shape index (κ1) is 12.2. The van der Waals surface area contributed by atoms with Crippen molar-refractivity contribution in [2.24, 2.45) is 0 Å². The average Bonchev–Trinajstić information content (AvgIpc) is 3.23. The molecule has 1 aliphatic heterocycles. The van der Waals surface area contributed by atoms with E-state index in [1.54, 1.807) is 0 Å². The third kappa shape index (κ3) is 2.45. The zero-order chi connectivity index (χ0) is 12.6. The summed E-state index contributed by atoms with van der Waals surface area (Å²) in [5.74, 6) is 0.838. The minimum Gasteiger partial charge on any atom is -0.365 e. The van der Waals surface area contributed by atoms with E-state index in [1.807, 2.05) is 0 Å². The number of morpholine rings is 1. The molecule has 1 aromatic carbocycles. The Morgan fingerprint density at radius 3 is 2.50 bits per heavy atom. The Bertz CT molecular complexity index is 410. The molecule has 1 N–H and O–H groups in total. The summed E-state index contributed by atoms with van der Waals surface area (Å²) in [5.41, 5.74) is 2.80. The average molecular weight is 245 g/mol. The fourth-order valence-electron chi connectivity index (χ4n) is 2.69. The predicted molar refractivity (Wildman–Crippen MR) is 73.8 cm³/mol. The molecule has 0 amide bonds. The van der Waals surface area contributed by atoms with Crippen molar-refractivity contribution in [3.63, 3.8) is 0 Å². The van der Waals surface area contributed by atoms with Gasteiger partial charge in [-0.25, -0.2) is 0 Å². The molecular formula is C16H23NO. The van der Waals surface area contributed by atoms with Crippen LogP contribution < -0.4 is 5.32 Å². The Morgan fingerprint density at radius 2 is 1.89 bits per heavy atom. The van der Waals surface area contributed by atoms with Crippen LogP contribution in [-0.4, -0.2) is 18.7 Å². The molecule has 0 radical (unpaired) electrons. The molecule has 1 aliphatic carbocycles. The van der Waals surface area contributed by atoms with E-state index in [4.69, 9.17) is 4.74 Å². The lowest BCUT2D eigenvalue weighted by atomic mass is 9.98. The molecule has 98 valence electrons. The number of nitrogens with one attached hydrogen (secondary N) is 1. The van der Waals surface area contributed by atoms with Crippen LogP contribution in [0.3, 0.4) is 0 Å². The second-order valence-corrected chi connectivity index (χ2v) is 5.98. The number of benzene rings is 1. The van der Waals surface area contributed by atoms with E-state index in [0.29, 0.717) is 0 Å². The summed E-state index contributed by atoms with van der Waals surface area (Å²) in [4.78, 5) is 0. The van der Waals surface area contributed by atoms with Crippen LogP contribution in [0.1, 0.15) is 56.3 Å². The minimum atomic E-state index is -0.0158.